The van der Waals surface area contributed by atoms with E-state index in [4.69, 9.17) is 16.0 Å². The van der Waals surface area contributed by atoms with Crippen molar-refractivity contribution in [2.75, 3.05) is 0 Å². The van der Waals surface area contributed by atoms with Crippen molar-refractivity contribution in [2.45, 2.75) is 19.3 Å². The number of oxazole rings is 1. The maximum atomic E-state index is 5.88. The minimum absolute atomic E-state index is 0.502. The Morgan fingerprint density at radius 1 is 1.20 bits per heavy atom. The highest BCUT2D eigenvalue weighted by atomic mass is 35.5. The fourth-order valence-electron chi connectivity index (χ4n) is 2.34. The number of rotatable bonds is 4. The molecule has 0 radical (unpaired) electrons. The lowest BCUT2D eigenvalue weighted by Crippen LogP contribution is -2.02. The van der Waals surface area contributed by atoms with Gasteiger partial charge in [-0.25, -0.2) is 4.98 Å². The molecule has 0 N–H and O–H groups in total. The Kier molecular flexibility index (Phi) is 4.03. The molecule has 0 fully saturated rings. The fourth-order valence-corrected chi connectivity index (χ4v) is 2.47. The van der Waals surface area contributed by atoms with Crippen LogP contribution in [0.1, 0.15) is 23.6 Å². The number of nitrogens with zero attached hydrogens (tertiary/aromatic N) is 1. The SMILES string of the molecule is Clc1ccc(Cc2coc(CC3C=CC=CC3)n2)cc1. The van der Waals surface area contributed by atoms with E-state index < -0.39 is 0 Å². The molecule has 1 aliphatic rings. The first-order valence-corrected chi connectivity index (χ1v) is 7.18. The molecule has 1 aliphatic carbocycles. The van der Waals surface area contributed by atoms with Crippen LogP contribution in [0.5, 0.6) is 0 Å². The lowest BCUT2D eigenvalue weighted by atomic mass is 9.97. The van der Waals surface area contributed by atoms with Gasteiger partial charge in [0.15, 0.2) is 5.89 Å². The van der Waals surface area contributed by atoms with E-state index in [-0.39, 0.29) is 0 Å². The van der Waals surface area contributed by atoms with Gasteiger partial charge >= 0.3 is 0 Å². The number of hydrogen-bond donors (Lipinski definition) is 0. The zero-order valence-electron chi connectivity index (χ0n) is 11.1. The molecule has 0 saturated heterocycles. The maximum Gasteiger partial charge on any atom is 0.194 e. The third-order valence-electron chi connectivity index (χ3n) is 3.40. The van der Waals surface area contributed by atoms with Gasteiger partial charge < -0.3 is 4.42 Å². The molecule has 102 valence electrons. The highest BCUT2D eigenvalue weighted by Crippen LogP contribution is 2.18. The van der Waals surface area contributed by atoms with Crippen LogP contribution < -0.4 is 0 Å². The lowest BCUT2D eigenvalue weighted by molar-refractivity contribution is 0.461. The standard InChI is InChI=1S/C17H16ClNO/c18-15-8-6-14(7-9-15)10-16-12-20-17(19-16)11-13-4-2-1-3-5-13/h1-4,6-9,12-13H,5,10-11H2. The maximum absolute atomic E-state index is 5.88. The average Bonchev–Trinajstić information content (AvgIpc) is 2.90. The van der Waals surface area contributed by atoms with Crippen LogP contribution in [0.2, 0.25) is 5.02 Å². The van der Waals surface area contributed by atoms with Crippen LogP contribution in [0.25, 0.3) is 0 Å². The summed E-state index contributed by atoms with van der Waals surface area (Å²) in [5.74, 6) is 1.32. The minimum Gasteiger partial charge on any atom is -0.449 e. The smallest absolute Gasteiger partial charge is 0.194 e. The molecule has 0 bridgehead atoms. The van der Waals surface area contributed by atoms with Crippen molar-refractivity contribution in [3.05, 3.63) is 77.0 Å². The van der Waals surface area contributed by atoms with Crippen LogP contribution in [-0.2, 0) is 12.8 Å². The van der Waals surface area contributed by atoms with E-state index >= 15 is 0 Å². The Morgan fingerprint density at radius 2 is 2.05 bits per heavy atom. The topological polar surface area (TPSA) is 26.0 Å². The molecule has 0 aliphatic heterocycles. The van der Waals surface area contributed by atoms with Crippen molar-refractivity contribution in [1.82, 2.24) is 4.98 Å². The predicted octanol–water partition coefficient (Wildman–Crippen LogP) is 4.59. The molecule has 0 saturated carbocycles. The van der Waals surface area contributed by atoms with Crippen molar-refractivity contribution in [3.8, 4) is 0 Å². The summed E-state index contributed by atoms with van der Waals surface area (Å²) >= 11 is 5.88. The Morgan fingerprint density at radius 3 is 2.80 bits per heavy atom. The zero-order valence-corrected chi connectivity index (χ0v) is 11.9. The summed E-state index contributed by atoms with van der Waals surface area (Å²) in [7, 11) is 0. The second-order valence-electron chi connectivity index (χ2n) is 5.05. The Balaban J connectivity index is 1.63. The van der Waals surface area contributed by atoms with Gasteiger partial charge in [0.2, 0.25) is 0 Å². The third kappa shape index (κ3) is 3.40. The second-order valence-corrected chi connectivity index (χ2v) is 5.49. The third-order valence-corrected chi connectivity index (χ3v) is 3.66. The van der Waals surface area contributed by atoms with Gasteiger partial charge in [-0.15, -0.1) is 0 Å². The van der Waals surface area contributed by atoms with Gasteiger partial charge in [0.25, 0.3) is 0 Å². The molecule has 1 heterocycles. The van der Waals surface area contributed by atoms with E-state index in [0.29, 0.717) is 5.92 Å². The normalized spacial score (nSPS) is 17.6. The molecule has 0 spiro atoms. The molecule has 1 unspecified atom stereocenters. The quantitative estimate of drug-likeness (QED) is 0.821. The Bertz CT molecular complexity index is 625. The first kappa shape index (κ1) is 13.2. The molecule has 3 rings (SSSR count). The van der Waals surface area contributed by atoms with Crippen molar-refractivity contribution >= 4 is 11.6 Å². The molecule has 3 heteroatoms. The zero-order chi connectivity index (χ0) is 13.8. The summed E-state index contributed by atoms with van der Waals surface area (Å²) in [4.78, 5) is 4.56. The molecule has 0 amide bonds. The fraction of sp³-hybridized carbons (Fsp3) is 0.235. The van der Waals surface area contributed by atoms with Crippen molar-refractivity contribution < 1.29 is 4.42 Å². The lowest BCUT2D eigenvalue weighted by Gasteiger charge is -2.09. The van der Waals surface area contributed by atoms with Crippen LogP contribution in [0, 0.1) is 5.92 Å². The molecular formula is C17H16ClNO. The van der Waals surface area contributed by atoms with E-state index in [1.807, 2.05) is 24.3 Å². The predicted molar refractivity (Wildman–Crippen MR) is 80.9 cm³/mol. The van der Waals surface area contributed by atoms with E-state index in [0.717, 1.165) is 35.9 Å². The Labute approximate surface area is 123 Å². The second kappa shape index (κ2) is 6.10. The monoisotopic (exact) mass is 285 g/mol. The van der Waals surface area contributed by atoms with Crippen molar-refractivity contribution in [3.63, 3.8) is 0 Å². The number of allylic oxidation sites excluding steroid dienone is 4. The number of hydrogen-bond acceptors (Lipinski definition) is 2. The van der Waals surface area contributed by atoms with Crippen LogP contribution in [0.4, 0.5) is 0 Å². The highest BCUT2D eigenvalue weighted by molar-refractivity contribution is 6.30. The van der Waals surface area contributed by atoms with E-state index in [2.05, 4.69) is 29.3 Å². The number of aromatic nitrogens is 1. The highest BCUT2D eigenvalue weighted by Gasteiger charge is 2.11. The molecule has 1 atom stereocenters. The van der Waals surface area contributed by atoms with E-state index in [9.17, 15) is 0 Å². The summed E-state index contributed by atoms with van der Waals surface area (Å²) in [5.41, 5.74) is 2.16. The summed E-state index contributed by atoms with van der Waals surface area (Å²) in [6.07, 6.45) is 13.0. The van der Waals surface area contributed by atoms with Gasteiger partial charge in [-0.2, -0.15) is 0 Å². The van der Waals surface area contributed by atoms with Crippen LogP contribution in [0.3, 0.4) is 0 Å². The van der Waals surface area contributed by atoms with Crippen LogP contribution >= 0.6 is 11.6 Å². The van der Waals surface area contributed by atoms with Gasteiger partial charge in [0, 0.05) is 17.9 Å². The van der Waals surface area contributed by atoms with Gasteiger partial charge in [-0.05, 0) is 30.0 Å². The molecule has 20 heavy (non-hydrogen) atoms. The van der Waals surface area contributed by atoms with Gasteiger partial charge in [0.05, 0.1) is 5.69 Å². The van der Waals surface area contributed by atoms with Crippen molar-refractivity contribution in [1.29, 1.82) is 0 Å². The largest absolute Gasteiger partial charge is 0.449 e. The van der Waals surface area contributed by atoms with Gasteiger partial charge in [-0.3, -0.25) is 0 Å². The number of benzene rings is 1. The van der Waals surface area contributed by atoms with E-state index in [1.165, 1.54) is 5.56 Å². The van der Waals surface area contributed by atoms with Gasteiger partial charge in [-0.1, -0.05) is 48.0 Å². The minimum atomic E-state index is 0.502. The molecule has 1 aromatic carbocycles. The number of halogens is 1. The van der Waals surface area contributed by atoms with Crippen LogP contribution in [0.15, 0.2) is 59.2 Å². The molecule has 1 aromatic heterocycles. The summed E-state index contributed by atoms with van der Waals surface area (Å²) in [6.45, 7) is 0. The first-order valence-electron chi connectivity index (χ1n) is 6.80. The summed E-state index contributed by atoms with van der Waals surface area (Å²) in [6, 6.07) is 7.84. The summed E-state index contributed by atoms with van der Waals surface area (Å²) < 4.78 is 5.57. The van der Waals surface area contributed by atoms with Gasteiger partial charge in [0.1, 0.15) is 6.26 Å². The molecule has 2 nitrogen and oxygen atoms in total. The van der Waals surface area contributed by atoms with Crippen molar-refractivity contribution in [2.24, 2.45) is 5.92 Å². The first-order chi connectivity index (χ1) is 9.79. The molecule has 2 aromatic rings. The average molecular weight is 286 g/mol. The Hall–Kier alpha value is -1.80. The van der Waals surface area contributed by atoms with E-state index in [1.54, 1.807) is 6.26 Å². The van der Waals surface area contributed by atoms with Crippen LogP contribution in [-0.4, -0.2) is 4.98 Å². The summed E-state index contributed by atoms with van der Waals surface area (Å²) in [5, 5.41) is 0.756. The molecular weight excluding hydrogens is 270 g/mol.